The Morgan fingerprint density at radius 2 is 1.75 bits per heavy atom. The first-order valence-electron chi connectivity index (χ1n) is 5.04. The van der Waals surface area contributed by atoms with Gasteiger partial charge in [-0.2, -0.15) is 0 Å². The summed E-state index contributed by atoms with van der Waals surface area (Å²) in [6.45, 7) is 0.349. The van der Waals surface area contributed by atoms with Crippen molar-refractivity contribution in [1.82, 2.24) is 9.80 Å². The Morgan fingerprint density at radius 1 is 1.19 bits per heavy atom. The lowest BCUT2D eigenvalue weighted by Crippen LogP contribution is -2.47. The van der Waals surface area contributed by atoms with E-state index in [1.807, 2.05) is 0 Å². The van der Waals surface area contributed by atoms with Gasteiger partial charge in [0.1, 0.15) is 13.1 Å². The molecule has 1 heterocycles. The number of nitrogens with two attached hydrogens (primary N) is 1. The second kappa shape index (κ2) is 5.34. The van der Waals surface area contributed by atoms with Crippen LogP contribution >= 0.6 is 0 Å². The van der Waals surface area contributed by atoms with Crippen molar-refractivity contribution in [1.29, 1.82) is 0 Å². The van der Waals surface area contributed by atoms with Crippen LogP contribution in [0.15, 0.2) is 0 Å². The Morgan fingerprint density at radius 3 is 2.19 bits per heavy atom. The van der Waals surface area contributed by atoms with E-state index in [-0.39, 0.29) is 6.54 Å². The summed E-state index contributed by atoms with van der Waals surface area (Å²) in [5.41, 5.74) is 4.96. The average molecular weight is 229 g/mol. The number of likely N-dealkylation sites (tertiary alicyclic amines) is 1. The molecule has 1 aliphatic heterocycles. The number of nitrogens with zero attached hydrogens (tertiary/aromatic N) is 2. The highest BCUT2D eigenvalue weighted by Crippen LogP contribution is 2.10. The summed E-state index contributed by atoms with van der Waals surface area (Å²) >= 11 is 0. The largest absolute Gasteiger partial charge is 0.480 e. The van der Waals surface area contributed by atoms with Crippen LogP contribution in [-0.2, 0) is 9.59 Å². The van der Waals surface area contributed by atoms with Crippen LogP contribution in [0.25, 0.3) is 0 Å². The van der Waals surface area contributed by atoms with Crippen LogP contribution in [0.3, 0.4) is 0 Å². The van der Waals surface area contributed by atoms with Crippen LogP contribution in [0.1, 0.15) is 12.8 Å². The molecule has 0 spiro atoms. The van der Waals surface area contributed by atoms with E-state index in [9.17, 15) is 14.4 Å². The first-order chi connectivity index (χ1) is 7.50. The van der Waals surface area contributed by atoms with Crippen molar-refractivity contribution in [3.63, 3.8) is 0 Å². The molecule has 0 unspecified atom stereocenters. The zero-order chi connectivity index (χ0) is 12.1. The highest BCUT2D eigenvalue weighted by Gasteiger charge is 2.25. The summed E-state index contributed by atoms with van der Waals surface area (Å²) in [7, 11) is 0. The van der Waals surface area contributed by atoms with Gasteiger partial charge in [0, 0.05) is 13.1 Å². The van der Waals surface area contributed by atoms with E-state index in [2.05, 4.69) is 0 Å². The number of carboxylic acids is 1. The highest BCUT2D eigenvalue weighted by atomic mass is 16.4. The Balaban J connectivity index is 2.62. The topological polar surface area (TPSA) is 104 Å². The third-order valence-electron chi connectivity index (χ3n) is 2.32. The molecule has 0 aromatic rings. The average Bonchev–Trinajstić information content (AvgIpc) is 2.66. The van der Waals surface area contributed by atoms with Gasteiger partial charge in [0.2, 0.25) is 5.91 Å². The van der Waals surface area contributed by atoms with Gasteiger partial charge in [-0.3, -0.25) is 9.59 Å². The first kappa shape index (κ1) is 12.3. The fourth-order valence-corrected chi connectivity index (χ4v) is 1.65. The van der Waals surface area contributed by atoms with Crippen LogP contribution in [-0.4, -0.2) is 59.0 Å². The van der Waals surface area contributed by atoms with E-state index in [1.54, 1.807) is 0 Å². The zero-order valence-electron chi connectivity index (χ0n) is 8.89. The lowest BCUT2D eigenvalue weighted by Gasteiger charge is -2.25. The minimum atomic E-state index is -1.16. The van der Waals surface area contributed by atoms with Gasteiger partial charge in [-0.15, -0.1) is 0 Å². The number of carbonyl (C=O) groups excluding carboxylic acids is 2. The van der Waals surface area contributed by atoms with Crippen LogP contribution in [0.5, 0.6) is 0 Å². The normalized spacial score (nSPS) is 14.9. The molecule has 0 saturated carbocycles. The minimum Gasteiger partial charge on any atom is -0.480 e. The van der Waals surface area contributed by atoms with Gasteiger partial charge in [0.05, 0.1) is 0 Å². The smallest absolute Gasteiger partial charge is 0.323 e. The quantitative estimate of drug-likeness (QED) is 0.650. The number of primary amides is 1. The van der Waals surface area contributed by atoms with Crippen molar-refractivity contribution in [2.24, 2.45) is 5.73 Å². The van der Waals surface area contributed by atoms with Crippen LogP contribution in [0, 0.1) is 0 Å². The van der Waals surface area contributed by atoms with Gasteiger partial charge in [-0.25, -0.2) is 4.79 Å². The lowest BCUT2D eigenvalue weighted by molar-refractivity contribution is -0.138. The molecule has 7 nitrogen and oxygen atoms in total. The molecule has 0 atom stereocenters. The Labute approximate surface area is 92.8 Å². The molecule has 3 N–H and O–H groups in total. The van der Waals surface area contributed by atoms with Gasteiger partial charge in [-0.05, 0) is 12.8 Å². The zero-order valence-corrected chi connectivity index (χ0v) is 8.89. The van der Waals surface area contributed by atoms with E-state index in [4.69, 9.17) is 10.8 Å². The number of rotatable bonds is 4. The standard InChI is InChI=1S/C9H15N3O4/c10-7(13)5-12(6-8(14)15)9(16)11-3-1-2-4-11/h1-6H2,(H2,10,13)(H,14,15). The monoisotopic (exact) mass is 229 g/mol. The summed E-state index contributed by atoms with van der Waals surface area (Å²) in [4.78, 5) is 35.6. The summed E-state index contributed by atoms with van der Waals surface area (Å²) in [6, 6.07) is -0.432. The molecule has 1 saturated heterocycles. The molecule has 0 bridgehead atoms. The fraction of sp³-hybridized carbons (Fsp3) is 0.667. The van der Waals surface area contributed by atoms with Gasteiger partial charge >= 0.3 is 12.0 Å². The number of hydrogen-bond donors (Lipinski definition) is 2. The highest BCUT2D eigenvalue weighted by molar-refractivity contribution is 5.86. The van der Waals surface area contributed by atoms with E-state index in [0.29, 0.717) is 13.1 Å². The van der Waals surface area contributed by atoms with Crippen molar-refractivity contribution >= 4 is 17.9 Å². The number of urea groups is 1. The van der Waals surface area contributed by atoms with E-state index in [0.717, 1.165) is 17.7 Å². The molecule has 7 heteroatoms. The number of carboxylic acid groups (broad SMARTS) is 1. The third-order valence-corrected chi connectivity index (χ3v) is 2.32. The van der Waals surface area contributed by atoms with Gasteiger partial charge in [0.25, 0.3) is 0 Å². The number of aliphatic carboxylic acids is 1. The van der Waals surface area contributed by atoms with Crippen molar-refractivity contribution in [2.45, 2.75) is 12.8 Å². The van der Waals surface area contributed by atoms with Gasteiger partial charge in [-0.1, -0.05) is 0 Å². The Hall–Kier alpha value is -1.79. The van der Waals surface area contributed by atoms with Crippen LogP contribution in [0.2, 0.25) is 0 Å². The molecular formula is C9H15N3O4. The van der Waals surface area contributed by atoms with Crippen molar-refractivity contribution < 1.29 is 19.5 Å². The maximum atomic E-state index is 11.8. The second-order valence-electron chi connectivity index (χ2n) is 3.69. The summed E-state index contributed by atoms with van der Waals surface area (Å²) in [6.07, 6.45) is 1.81. The Bertz CT molecular complexity index is 283. The predicted octanol–water partition coefficient (Wildman–Crippen LogP) is -0.926. The molecule has 0 aromatic heterocycles. The van der Waals surface area contributed by atoms with E-state index >= 15 is 0 Å². The number of amides is 3. The second-order valence-corrected chi connectivity index (χ2v) is 3.69. The minimum absolute atomic E-state index is 0.359. The summed E-state index contributed by atoms with van der Waals surface area (Å²) in [5, 5.41) is 8.62. The molecule has 0 radical (unpaired) electrons. The SMILES string of the molecule is NC(=O)CN(CC(=O)O)C(=O)N1CCCC1. The van der Waals surface area contributed by atoms with E-state index in [1.165, 1.54) is 4.90 Å². The molecule has 1 fully saturated rings. The third kappa shape index (κ3) is 3.41. The lowest BCUT2D eigenvalue weighted by atomic mass is 10.4. The number of carbonyl (C=O) groups is 3. The summed E-state index contributed by atoms with van der Waals surface area (Å²) in [5.74, 6) is -1.87. The molecule has 0 aliphatic carbocycles. The Kier molecular flexibility index (Phi) is 4.10. The van der Waals surface area contributed by atoms with Gasteiger partial charge < -0.3 is 20.6 Å². The molecule has 3 amide bonds. The molecule has 90 valence electrons. The predicted molar refractivity (Wildman–Crippen MR) is 54.6 cm³/mol. The molecule has 0 aromatic carbocycles. The number of hydrogen-bond acceptors (Lipinski definition) is 3. The van der Waals surface area contributed by atoms with Crippen molar-refractivity contribution in [2.75, 3.05) is 26.2 Å². The van der Waals surface area contributed by atoms with Crippen molar-refractivity contribution in [3.8, 4) is 0 Å². The maximum Gasteiger partial charge on any atom is 0.323 e. The fourth-order valence-electron chi connectivity index (χ4n) is 1.65. The first-order valence-corrected chi connectivity index (χ1v) is 5.04. The molecule has 1 rings (SSSR count). The molecule has 1 aliphatic rings. The molecule has 16 heavy (non-hydrogen) atoms. The van der Waals surface area contributed by atoms with Crippen LogP contribution in [0.4, 0.5) is 4.79 Å². The van der Waals surface area contributed by atoms with Crippen LogP contribution < -0.4 is 5.73 Å². The van der Waals surface area contributed by atoms with Crippen molar-refractivity contribution in [3.05, 3.63) is 0 Å². The summed E-state index contributed by atoms with van der Waals surface area (Å²) < 4.78 is 0. The maximum absolute atomic E-state index is 11.8. The van der Waals surface area contributed by atoms with E-state index < -0.39 is 24.5 Å². The van der Waals surface area contributed by atoms with Gasteiger partial charge in [0.15, 0.2) is 0 Å². The molecular weight excluding hydrogens is 214 g/mol.